The number of hydrogen-bond donors (Lipinski definition) is 0. The Kier molecular flexibility index (Phi) is 7.11. The van der Waals surface area contributed by atoms with Crippen LogP contribution in [-0.4, -0.2) is 19.7 Å². The summed E-state index contributed by atoms with van der Waals surface area (Å²) < 4.78 is 10.3. The molecule has 0 unspecified atom stereocenters. The van der Waals surface area contributed by atoms with Gasteiger partial charge in [0.2, 0.25) is 0 Å². The molecule has 0 aromatic heterocycles. The molecule has 0 fully saturated rings. The van der Waals surface area contributed by atoms with Crippen molar-refractivity contribution in [2.75, 3.05) is 13.7 Å². The van der Waals surface area contributed by atoms with E-state index in [9.17, 15) is 4.79 Å². The van der Waals surface area contributed by atoms with Gasteiger partial charge in [0.1, 0.15) is 5.75 Å². The Balaban J connectivity index is 2.70. The fourth-order valence-electron chi connectivity index (χ4n) is 1.82. The lowest BCUT2D eigenvalue weighted by atomic mass is 9.96. The second-order valence-corrected chi connectivity index (χ2v) is 4.85. The van der Waals surface area contributed by atoms with Crippen LogP contribution in [0.1, 0.15) is 38.2 Å². The minimum Gasteiger partial charge on any atom is -0.493 e. The third-order valence-electron chi connectivity index (χ3n) is 3.00. The minimum absolute atomic E-state index is 0.146. The van der Waals surface area contributed by atoms with E-state index in [-0.39, 0.29) is 18.3 Å². The smallest absolute Gasteiger partial charge is 0.307 e. The molecule has 1 aromatic carbocycles. The Hall–Kier alpha value is -2.21. The van der Waals surface area contributed by atoms with Gasteiger partial charge in [-0.25, -0.2) is 0 Å². The molecule has 0 spiro atoms. The first-order chi connectivity index (χ1) is 10.1. The van der Waals surface area contributed by atoms with E-state index in [1.165, 1.54) is 7.11 Å². The maximum absolute atomic E-state index is 11.4. The summed E-state index contributed by atoms with van der Waals surface area (Å²) in [6.45, 7) is 8.20. The first kappa shape index (κ1) is 16.8. The van der Waals surface area contributed by atoms with Gasteiger partial charge in [-0.1, -0.05) is 23.6 Å². The fourth-order valence-corrected chi connectivity index (χ4v) is 1.82. The Morgan fingerprint density at radius 1 is 1.33 bits per heavy atom. The van der Waals surface area contributed by atoms with Gasteiger partial charge in [-0.15, -0.1) is 12.5 Å². The van der Waals surface area contributed by atoms with Crippen LogP contribution in [0.2, 0.25) is 0 Å². The Morgan fingerprint density at radius 2 is 2.00 bits per heavy atom. The van der Waals surface area contributed by atoms with Crippen LogP contribution in [0, 0.1) is 11.8 Å². The van der Waals surface area contributed by atoms with Gasteiger partial charge in [-0.05, 0) is 31.5 Å². The number of ether oxygens (including phenoxy) is 2. The highest BCUT2D eigenvalue weighted by atomic mass is 16.5. The molecule has 0 aliphatic rings. The lowest BCUT2D eigenvalue weighted by Crippen LogP contribution is -2.07. The Morgan fingerprint density at radius 3 is 2.52 bits per heavy atom. The van der Waals surface area contributed by atoms with Crippen molar-refractivity contribution >= 4 is 5.97 Å². The third kappa shape index (κ3) is 6.18. The highest BCUT2D eigenvalue weighted by Gasteiger charge is 2.14. The highest BCUT2D eigenvalue weighted by Crippen LogP contribution is 2.22. The first-order valence-corrected chi connectivity index (χ1v) is 6.93. The molecule has 0 bridgehead atoms. The van der Waals surface area contributed by atoms with Gasteiger partial charge >= 0.3 is 5.97 Å². The number of hydrogen-bond acceptors (Lipinski definition) is 3. The van der Waals surface area contributed by atoms with E-state index < -0.39 is 0 Å². The number of carbonyl (C=O) groups excluding carboxylic acids is 1. The number of esters is 1. The summed E-state index contributed by atoms with van der Waals surface area (Å²) in [5, 5.41) is 0. The molecule has 0 amide bonds. The molecule has 0 saturated heterocycles. The number of methoxy groups -OCH3 is 1. The number of rotatable bonds is 7. The van der Waals surface area contributed by atoms with Crippen LogP contribution in [0.4, 0.5) is 0 Å². The van der Waals surface area contributed by atoms with Crippen LogP contribution in [0.5, 0.6) is 5.75 Å². The van der Waals surface area contributed by atoms with Crippen LogP contribution in [-0.2, 0) is 9.53 Å². The summed E-state index contributed by atoms with van der Waals surface area (Å²) in [6, 6.07) is 7.67. The van der Waals surface area contributed by atoms with E-state index in [1.54, 1.807) is 6.92 Å². The molecule has 0 heterocycles. The van der Waals surface area contributed by atoms with E-state index in [0.717, 1.165) is 23.3 Å². The number of benzene rings is 1. The van der Waals surface area contributed by atoms with Gasteiger partial charge in [0.15, 0.2) is 0 Å². The predicted molar refractivity (Wildman–Crippen MR) is 84.2 cm³/mol. The van der Waals surface area contributed by atoms with Crippen molar-refractivity contribution in [2.45, 2.75) is 32.6 Å². The van der Waals surface area contributed by atoms with Crippen LogP contribution in [0.3, 0.4) is 0 Å². The zero-order valence-electron chi connectivity index (χ0n) is 12.9. The van der Waals surface area contributed by atoms with Crippen molar-refractivity contribution in [1.82, 2.24) is 0 Å². The van der Waals surface area contributed by atoms with Gasteiger partial charge in [-0.3, -0.25) is 4.79 Å². The van der Waals surface area contributed by atoms with Gasteiger partial charge in [-0.2, -0.15) is 0 Å². The minimum atomic E-state index is -0.260. The molecule has 1 aromatic rings. The molecular formula is C18H22O3. The zero-order valence-corrected chi connectivity index (χ0v) is 12.9. The predicted octanol–water partition coefficient (Wildman–Crippen LogP) is 3.70. The van der Waals surface area contributed by atoms with Gasteiger partial charge in [0.05, 0.1) is 26.1 Å². The summed E-state index contributed by atoms with van der Waals surface area (Å²) in [7, 11) is 1.39. The van der Waals surface area contributed by atoms with Crippen molar-refractivity contribution in [3.63, 3.8) is 0 Å². The molecule has 21 heavy (non-hydrogen) atoms. The maximum atomic E-state index is 11.4. The summed E-state index contributed by atoms with van der Waals surface area (Å²) in [5.41, 5.74) is 2.09. The van der Waals surface area contributed by atoms with E-state index in [4.69, 9.17) is 9.47 Å². The molecule has 112 valence electrons. The van der Waals surface area contributed by atoms with Crippen LogP contribution >= 0.6 is 0 Å². The second-order valence-electron chi connectivity index (χ2n) is 4.85. The number of carbonyl (C=O) groups is 1. The van der Waals surface area contributed by atoms with E-state index in [1.807, 2.05) is 31.2 Å². The fraction of sp³-hybridized carbons (Fsp3) is 0.389. The van der Waals surface area contributed by atoms with E-state index in [2.05, 4.69) is 18.4 Å². The SMILES string of the molecule is C=C(C)CCOc1ccc([C@@H](C#CC)CC(=O)OC)cc1. The van der Waals surface area contributed by atoms with Crippen molar-refractivity contribution in [3.8, 4) is 17.6 Å². The van der Waals surface area contributed by atoms with Crippen molar-refractivity contribution in [2.24, 2.45) is 0 Å². The van der Waals surface area contributed by atoms with Gasteiger partial charge in [0, 0.05) is 6.42 Å². The topological polar surface area (TPSA) is 35.5 Å². The largest absolute Gasteiger partial charge is 0.493 e. The standard InChI is InChI=1S/C18H22O3/c1-5-6-16(13-18(19)20-4)15-7-9-17(10-8-15)21-12-11-14(2)3/h7-10,16H,2,11-13H2,1,3-4H3/t16-/m0/s1. The highest BCUT2D eigenvalue weighted by molar-refractivity contribution is 5.71. The lowest BCUT2D eigenvalue weighted by Gasteiger charge is -2.11. The van der Waals surface area contributed by atoms with Crippen LogP contribution in [0.25, 0.3) is 0 Å². The van der Waals surface area contributed by atoms with Gasteiger partial charge < -0.3 is 9.47 Å². The van der Waals surface area contributed by atoms with Crippen LogP contribution in [0.15, 0.2) is 36.4 Å². The first-order valence-electron chi connectivity index (χ1n) is 6.93. The summed E-state index contributed by atoms with van der Waals surface area (Å²) in [5.74, 6) is 6.30. The van der Waals surface area contributed by atoms with Gasteiger partial charge in [0.25, 0.3) is 0 Å². The van der Waals surface area contributed by atoms with E-state index in [0.29, 0.717) is 6.61 Å². The van der Waals surface area contributed by atoms with Crippen LogP contribution < -0.4 is 4.74 Å². The molecule has 1 atom stereocenters. The second kappa shape index (κ2) is 8.86. The molecule has 0 aliphatic heterocycles. The normalized spacial score (nSPS) is 11.0. The maximum Gasteiger partial charge on any atom is 0.307 e. The average molecular weight is 286 g/mol. The molecule has 0 N–H and O–H groups in total. The Labute approximate surface area is 127 Å². The quantitative estimate of drug-likeness (QED) is 0.435. The average Bonchev–Trinajstić information content (AvgIpc) is 2.47. The Bertz CT molecular complexity index is 532. The van der Waals surface area contributed by atoms with Crippen molar-refractivity contribution in [1.29, 1.82) is 0 Å². The third-order valence-corrected chi connectivity index (χ3v) is 3.00. The summed E-state index contributed by atoms with van der Waals surface area (Å²) >= 11 is 0. The molecule has 0 aliphatic carbocycles. The molecule has 3 nitrogen and oxygen atoms in total. The summed E-state index contributed by atoms with van der Waals surface area (Å²) in [6.07, 6.45) is 1.10. The monoisotopic (exact) mass is 286 g/mol. The lowest BCUT2D eigenvalue weighted by molar-refractivity contribution is -0.140. The molecule has 0 radical (unpaired) electrons. The molecule has 0 saturated carbocycles. The molecule has 1 rings (SSSR count). The van der Waals surface area contributed by atoms with Crippen molar-refractivity contribution in [3.05, 3.63) is 42.0 Å². The molecular weight excluding hydrogens is 264 g/mol. The zero-order chi connectivity index (χ0) is 15.7. The van der Waals surface area contributed by atoms with E-state index >= 15 is 0 Å². The molecule has 3 heteroatoms. The summed E-state index contributed by atoms with van der Waals surface area (Å²) in [4.78, 5) is 11.4. The van der Waals surface area contributed by atoms with Crippen molar-refractivity contribution < 1.29 is 14.3 Å².